The number of aryl methyl sites for hydroxylation is 2. The Morgan fingerprint density at radius 3 is 2.70 bits per heavy atom. The lowest BCUT2D eigenvalue weighted by Gasteiger charge is -2.14. The second-order valence-electron chi connectivity index (χ2n) is 6.94. The van der Waals surface area contributed by atoms with Crippen LogP contribution in [-0.4, -0.2) is 19.9 Å². The SMILES string of the molecule is CCCc1nnc2n1NC(c1c(-c3ccc(C)cc3)[nH]c3ccccc13)S2. The third-order valence-corrected chi connectivity index (χ3v) is 6.04. The van der Waals surface area contributed by atoms with Crippen molar-refractivity contribution in [1.82, 2.24) is 19.9 Å². The minimum atomic E-state index is 0.0959. The molecule has 0 saturated heterocycles. The van der Waals surface area contributed by atoms with Crippen molar-refractivity contribution in [3.05, 3.63) is 65.5 Å². The fraction of sp³-hybridized carbons (Fsp3) is 0.238. The topological polar surface area (TPSA) is 58.5 Å². The second kappa shape index (κ2) is 6.46. The fourth-order valence-corrected chi connectivity index (χ4v) is 4.73. The zero-order valence-electron chi connectivity index (χ0n) is 15.4. The minimum Gasteiger partial charge on any atom is -0.354 e. The van der Waals surface area contributed by atoms with E-state index in [1.54, 1.807) is 11.8 Å². The van der Waals surface area contributed by atoms with Gasteiger partial charge in [0, 0.05) is 22.9 Å². The number of H-pyrrole nitrogens is 1. The number of aromatic amines is 1. The summed E-state index contributed by atoms with van der Waals surface area (Å²) in [6.07, 6.45) is 1.98. The Kier molecular flexibility index (Phi) is 3.93. The van der Waals surface area contributed by atoms with Crippen LogP contribution in [0, 0.1) is 6.92 Å². The Balaban J connectivity index is 1.62. The molecule has 2 N–H and O–H groups in total. The first-order valence-electron chi connectivity index (χ1n) is 9.29. The first-order chi connectivity index (χ1) is 13.2. The lowest BCUT2D eigenvalue weighted by atomic mass is 10.0. The molecule has 1 atom stereocenters. The summed E-state index contributed by atoms with van der Waals surface area (Å²) in [7, 11) is 0. The summed E-state index contributed by atoms with van der Waals surface area (Å²) in [4.78, 5) is 3.64. The maximum atomic E-state index is 4.37. The number of hydrogen-bond donors (Lipinski definition) is 2. The minimum absolute atomic E-state index is 0.0959. The monoisotopic (exact) mass is 375 g/mol. The molecule has 1 unspecified atom stereocenters. The number of thioether (sulfide) groups is 1. The lowest BCUT2D eigenvalue weighted by molar-refractivity contribution is 0.716. The average Bonchev–Trinajstić information content (AvgIpc) is 3.35. The number of hydrogen-bond acceptors (Lipinski definition) is 4. The van der Waals surface area contributed by atoms with Crippen molar-refractivity contribution in [1.29, 1.82) is 0 Å². The van der Waals surface area contributed by atoms with Crippen LogP contribution in [0.3, 0.4) is 0 Å². The van der Waals surface area contributed by atoms with Gasteiger partial charge in [-0.2, -0.15) is 0 Å². The lowest BCUT2D eigenvalue weighted by Crippen LogP contribution is -2.15. The highest BCUT2D eigenvalue weighted by Gasteiger charge is 2.31. The van der Waals surface area contributed by atoms with Gasteiger partial charge in [-0.3, -0.25) is 0 Å². The van der Waals surface area contributed by atoms with Crippen molar-refractivity contribution in [2.75, 3.05) is 5.43 Å². The highest BCUT2D eigenvalue weighted by molar-refractivity contribution is 7.99. The van der Waals surface area contributed by atoms with Gasteiger partial charge >= 0.3 is 0 Å². The molecule has 2 aromatic heterocycles. The Morgan fingerprint density at radius 2 is 1.89 bits per heavy atom. The molecule has 27 heavy (non-hydrogen) atoms. The first kappa shape index (κ1) is 16.4. The van der Waals surface area contributed by atoms with E-state index < -0.39 is 0 Å². The molecule has 0 radical (unpaired) electrons. The van der Waals surface area contributed by atoms with Crippen LogP contribution < -0.4 is 5.43 Å². The molecular formula is C21H21N5S. The average molecular weight is 376 g/mol. The molecule has 1 aliphatic rings. The number of nitrogens with one attached hydrogen (secondary N) is 2. The number of benzene rings is 2. The molecular weight excluding hydrogens is 354 g/mol. The van der Waals surface area contributed by atoms with Crippen molar-refractivity contribution in [2.24, 2.45) is 0 Å². The zero-order chi connectivity index (χ0) is 18.4. The van der Waals surface area contributed by atoms with Crippen LogP contribution in [0.15, 0.2) is 53.7 Å². The van der Waals surface area contributed by atoms with E-state index in [-0.39, 0.29) is 5.37 Å². The Morgan fingerprint density at radius 1 is 1.07 bits per heavy atom. The standard InChI is InChI=1S/C21H21N5S/c1-3-6-17-23-24-21-26(17)25-20(27-21)18-15-7-4-5-8-16(15)22-19(18)14-11-9-13(2)10-12-14/h4-5,7-12,20,22,25H,3,6H2,1-2H3. The Labute approximate surface area is 162 Å². The van der Waals surface area contributed by atoms with Gasteiger partial charge in [-0.25, -0.2) is 4.68 Å². The van der Waals surface area contributed by atoms with Gasteiger partial charge in [-0.05, 0) is 25.0 Å². The van der Waals surface area contributed by atoms with Crippen molar-refractivity contribution in [3.63, 3.8) is 0 Å². The quantitative estimate of drug-likeness (QED) is 0.525. The summed E-state index contributed by atoms with van der Waals surface area (Å²) >= 11 is 1.73. The van der Waals surface area contributed by atoms with Gasteiger partial charge in [0.2, 0.25) is 5.16 Å². The smallest absolute Gasteiger partial charge is 0.212 e. The summed E-state index contributed by atoms with van der Waals surface area (Å²) in [5.41, 5.74) is 9.67. The van der Waals surface area contributed by atoms with Crippen LogP contribution in [0.1, 0.15) is 35.7 Å². The molecule has 0 fully saturated rings. The molecule has 0 amide bonds. The molecule has 4 aromatic rings. The molecule has 2 aromatic carbocycles. The van der Waals surface area contributed by atoms with Crippen LogP contribution >= 0.6 is 11.8 Å². The van der Waals surface area contributed by atoms with E-state index in [0.29, 0.717) is 0 Å². The van der Waals surface area contributed by atoms with Gasteiger partial charge in [-0.15, -0.1) is 10.2 Å². The summed E-state index contributed by atoms with van der Waals surface area (Å²) < 4.78 is 2.06. The molecule has 5 rings (SSSR count). The maximum Gasteiger partial charge on any atom is 0.212 e. The number of rotatable bonds is 4. The largest absolute Gasteiger partial charge is 0.354 e. The van der Waals surface area contributed by atoms with E-state index in [1.807, 2.05) is 0 Å². The van der Waals surface area contributed by atoms with E-state index in [2.05, 4.69) is 87.7 Å². The third kappa shape index (κ3) is 2.72. The zero-order valence-corrected chi connectivity index (χ0v) is 16.2. The summed E-state index contributed by atoms with van der Waals surface area (Å²) in [6, 6.07) is 17.2. The number of nitrogens with zero attached hydrogens (tertiary/aromatic N) is 3. The number of para-hydroxylation sites is 1. The van der Waals surface area contributed by atoms with Crippen molar-refractivity contribution < 1.29 is 0 Å². The van der Waals surface area contributed by atoms with Gasteiger partial charge in [0.1, 0.15) is 5.37 Å². The normalized spacial score (nSPS) is 15.9. The van der Waals surface area contributed by atoms with E-state index in [0.717, 1.165) is 35.0 Å². The van der Waals surface area contributed by atoms with Crippen LogP contribution in [0.2, 0.25) is 0 Å². The summed E-state index contributed by atoms with van der Waals surface area (Å²) in [6.45, 7) is 4.28. The molecule has 0 saturated carbocycles. The molecule has 5 nitrogen and oxygen atoms in total. The molecule has 136 valence electrons. The summed E-state index contributed by atoms with van der Waals surface area (Å²) in [5, 5.41) is 11.0. The fourth-order valence-electron chi connectivity index (χ4n) is 3.65. The van der Waals surface area contributed by atoms with Gasteiger partial charge < -0.3 is 10.4 Å². The predicted molar refractivity (Wildman–Crippen MR) is 110 cm³/mol. The van der Waals surface area contributed by atoms with E-state index in [1.165, 1.54) is 22.1 Å². The Hall–Kier alpha value is -2.73. The molecule has 0 bridgehead atoms. The van der Waals surface area contributed by atoms with Crippen LogP contribution in [-0.2, 0) is 6.42 Å². The van der Waals surface area contributed by atoms with Gasteiger partial charge in [0.25, 0.3) is 0 Å². The third-order valence-electron chi connectivity index (χ3n) is 4.99. The van der Waals surface area contributed by atoms with Crippen LogP contribution in [0.4, 0.5) is 0 Å². The van der Waals surface area contributed by atoms with Crippen LogP contribution in [0.25, 0.3) is 22.2 Å². The van der Waals surface area contributed by atoms with Gasteiger partial charge in [0.05, 0.1) is 5.69 Å². The number of fused-ring (bicyclic) bond motifs is 2. The first-order valence-corrected chi connectivity index (χ1v) is 10.2. The van der Waals surface area contributed by atoms with E-state index in [4.69, 9.17) is 0 Å². The van der Waals surface area contributed by atoms with Gasteiger partial charge in [0.15, 0.2) is 5.82 Å². The molecule has 3 heterocycles. The van der Waals surface area contributed by atoms with Crippen molar-refractivity contribution in [2.45, 2.75) is 37.2 Å². The highest BCUT2D eigenvalue weighted by atomic mass is 32.2. The highest BCUT2D eigenvalue weighted by Crippen LogP contribution is 2.45. The van der Waals surface area contributed by atoms with E-state index in [9.17, 15) is 0 Å². The molecule has 0 spiro atoms. The Bertz CT molecular complexity index is 1110. The molecule has 0 aliphatic carbocycles. The van der Waals surface area contributed by atoms with Crippen molar-refractivity contribution in [3.8, 4) is 11.3 Å². The maximum absolute atomic E-state index is 4.37. The second-order valence-corrected chi connectivity index (χ2v) is 8.01. The van der Waals surface area contributed by atoms with Gasteiger partial charge in [-0.1, -0.05) is 66.7 Å². The predicted octanol–water partition coefficient (Wildman–Crippen LogP) is 5.04. The molecule has 1 aliphatic heterocycles. The van der Waals surface area contributed by atoms with E-state index >= 15 is 0 Å². The van der Waals surface area contributed by atoms with Crippen molar-refractivity contribution >= 4 is 22.7 Å². The van der Waals surface area contributed by atoms with Crippen LogP contribution in [0.5, 0.6) is 0 Å². The number of aromatic nitrogens is 4. The molecule has 6 heteroatoms. The summed E-state index contributed by atoms with van der Waals surface area (Å²) in [5.74, 6) is 0.999.